The van der Waals surface area contributed by atoms with Crippen LogP contribution in [0, 0.1) is 0 Å². The van der Waals surface area contributed by atoms with Crippen molar-refractivity contribution in [3.63, 3.8) is 0 Å². The van der Waals surface area contributed by atoms with Crippen LogP contribution in [0.25, 0.3) is 0 Å². The van der Waals surface area contributed by atoms with Gasteiger partial charge in [0, 0.05) is 19.6 Å². The number of nitrogens with one attached hydrogen (secondary N) is 2. The summed E-state index contributed by atoms with van der Waals surface area (Å²) in [5.74, 6) is 0.591. The Morgan fingerprint density at radius 1 is 1.55 bits per heavy atom. The molecule has 2 amide bonds. The molecular formula is C14H21N5O3. The zero-order valence-electron chi connectivity index (χ0n) is 12.7. The molecule has 2 aliphatic rings. The number of carbonyl (C=O) groups is 2. The first-order valence-corrected chi connectivity index (χ1v) is 7.82. The monoisotopic (exact) mass is 307 g/mol. The largest absolute Gasteiger partial charge is 0.376 e. The van der Waals surface area contributed by atoms with Gasteiger partial charge in [0.25, 0.3) is 0 Å². The predicted molar refractivity (Wildman–Crippen MR) is 78.3 cm³/mol. The summed E-state index contributed by atoms with van der Waals surface area (Å²) in [6.07, 6.45) is 3.78. The molecule has 120 valence electrons. The summed E-state index contributed by atoms with van der Waals surface area (Å²) >= 11 is 0. The van der Waals surface area contributed by atoms with Crippen molar-refractivity contribution in [1.29, 1.82) is 0 Å². The Labute approximate surface area is 128 Å². The van der Waals surface area contributed by atoms with Crippen LogP contribution in [-0.2, 0) is 20.7 Å². The quantitative estimate of drug-likeness (QED) is 0.821. The Morgan fingerprint density at radius 3 is 3.14 bits per heavy atom. The van der Waals surface area contributed by atoms with Crippen molar-refractivity contribution in [1.82, 2.24) is 20.1 Å². The molecule has 2 atom stereocenters. The lowest BCUT2D eigenvalue weighted by molar-refractivity contribution is -0.129. The highest BCUT2D eigenvalue weighted by atomic mass is 16.5. The molecule has 0 radical (unpaired) electrons. The number of amides is 2. The fourth-order valence-electron chi connectivity index (χ4n) is 2.78. The Bertz CT molecular complexity index is 565. The number of rotatable bonds is 5. The Balaban J connectivity index is 1.69. The first-order chi connectivity index (χ1) is 10.7. The van der Waals surface area contributed by atoms with Crippen LogP contribution in [-0.4, -0.2) is 45.8 Å². The molecule has 8 heteroatoms. The zero-order chi connectivity index (χ0) is 15.5. The molecule has 2 aliphatic heterocycles. The second-order valence-electron chi connectivity index (χ2n) is 5.69. The standard InChI is InChI=1S/C14H21N5O3/c1-2-4-11-16-14-17-12(20)7-10(19(14)18-11)13(21)15-8-9-5-3-6-22-9/h9-10H,2-8H2,1H3,(H,15,21)(H,16,17,18,20)/t9-,10-/m0/s1. The molecular weight excluding hydrogens is 286 g/mol. The predicted octanol–water partition coefficient (Wildman–Crippen LogP) is 0.409. The number of hydrogen-bond acceptors (Lipinski definition) is 5. The molecule has 0 saturated carbocycles. The highest BCUT2D eigenvalue weighted by Gasteiger charge is 2.33. The number of fused-ring (bicyclic) bond motifs is 1. The number of carbonyl (C=O) groups excluding carboxylic acids is 2. The summed E-state index contributed by atoms with van der Waals surface area (Å²) in [7, 11) is 0. The van der Waals surface area contributed by atoms with Crippen molar-refractivity contribution in [3.05, 3.63) is 5.82 Å². The molecule has 1 aromatic heterocycles. The molecule has 0 unspecified atom stereocenters. The normalized spacial score (nSPS) is 24.0. The topological polar surface area (TPSA) is 98.1 Å². The van der Waals surface area contributed by atoms with E-state index in [1.807, 2.05) is 6.92 Å². The molecule has 22 heavy (non-hydrogen) atoms. The van der Waals surface area contributed by atoms with Gasteiger partial charge in [-0.2, -0.15) is 10.1 Å². The maximum Gasteiger partial charge on any atom is 0.245 e. The zero-order valence-corrected chi connectivity index (χ0v) is 12.7. The van der Waals surface area contributed by atoms with Crippen molar-refractivity contribution in [3.8, 4) is 0 Å². The van der Waals surface area contributed by atoms with Crippen LogP contribution in [0.3, 0.4) is 0 Å². The molecule has 3 heterocycles. The highest BCUT2D eigenvalue weighted by Crippen LogP contribution is 2.23. The molecule has 0 spiro atoms. The van der Waals surface area contributed by atoms with Gasteiger partial charge in [-0.3, -0.25) is 14.9 Å². The third-order valence-corrected chi connectivity index (χ3v) is 3.90. The number of ether oxygens (including phenoxy) is 1. The van der Waals surface area contributed by atoms with Gasteiger partial charge in [0.05, 0.1) is 12.5 Å². The molecule has 0 bridgehead atoms. The van der Waals surface area contributed by atoms with Crippen LogP contribution < -0.4 is 10.6 Å². The van der Waals surface area contributed by atoms with Crippen molar-refractivity contribution < 1.29 is 14.3 Å². The molecule has 1 saturated heterocycles. The minimum atomic E-state index is -0.636. The number of hydrogen-bond donors (Lipinski definition) is 2. The van der Waals surface area contributed by atoms with E-state index >= 15 is 0 Å². The minimum absolute atomic E-state index is 0.0761. The van der Waals surface area contributed by atoms with E-state index in [0.29, 0.717) is 18.3 Å². The molecule has 3 rings (SSSR count). The average molecular weight is 307 g/mol. The summed E-state index contributed by atoms with van der Waals surface area (Å²) in [5, 5.41) is 9.89. The Morgan fingerprint density at radius 2 is 2.41 bits per heavy atom. The third kappa shape index (κ3) is 3.11. The van der Waals surface area contributed by atoms with E-state index in [4.69, 9.17) is 4.74 Å². The number of nitrogens with zero attached hydrogens (tertiary/aromatic N) is 3. The SMILES string of the molecule is CCCc1nc2n(n1)[C@H](C(=O)NC[C@@H]1CCCO1)CC(=O)N2. The van der Waals surface area contributed by atoms with Crippen LogP contribution in [0.15, 0.2) is 0 Å². The molecule has 8 nitrogen and oxygen atoms in total. The van der Waals surface area contributed by atoms with Gasteiger partial charge in [-0.05, 0) is 19.3 Å². The lowest BCUT2D eigenvalue weighted by Crippen LogP contribution is -2.41. The molecule has 1 fully saturated rings. The van der Waals surface area contributed by atoms with Crippen molar-refractivity contribution in [2.24, 2.45) is 0 Å². The second-order valence-corrected chi connectivity index (χ2v) is 5.69. The maximum absolute atomic E-state index is 12.4. The van der Waals surface area contributed by atoms with Crippen LogP contribution in [0.4, 0.5) is 5.95 Å². The van der Waals surface area contributed by atoms with Crippen molar-refractivity contribution >= 4 is 17.8 Å². The van der Waals surface area contributed by atoms with E-state index in [2.05, 4.69) is 20.7 Å². The van der Waals surface area contributed by atoms with Crippen LogP contribution in [0.1, 0.15) is 44.5 Å². The van der Waals surface area contributed by atoms with E-state index < -0.39 is 6.04 Å². The van der Waals surface area contributed by atoms with Gasteiger partial charge in [-0.25, -0.2) is 4.68 Å². The smallest absolute Gasteiger partial charge is 0.245 e. The van der Waals surface area contributed by atoms with Crippen LogP contribution in [0.5, 0.6) is 0 Å². The van der Waals surface area contributed by atoms with Crippen LogP contribution in [0.2, 0.25) is 0 Å². The summed E-state index contributed by atoms with van der Waals surface area (Å²) in [6, 6.07) is -0.636. The summed E-state index contributed by atoms with van der Waals surface area (Å²) in [5.41, 5.74) is 0. The first kappa shape index (κ1) is 15.0. The highest BCUT2D eigenvalue weighted by molar-refractivity contribution is 5.96. The molecule has 0 aliphatic carbocycles. The van der Waals surface area contributed by atoms with Gasteiger partial charge in [-0.1, -0.05) is 6.92 Å². The fourth-order valence-corrected chi connectivity index (χ4v) is 2.78. The van der Waals surface area contributed by atoms with E-state index in [-0.39, 0.29) is 24.3 Å². The summed E-state index contributed by atoms with van der Waals surface area (Å²) in [4.78, 5) is 28.4. The lowest BCUT2D eigenvalue weighted by Gasteiger charge is -2.23. The number of aryl methyl sites for hydroxylation is 1. The van der Waals surface area contributed by atoms with Gasteiger partial charge in [0.1, 0.15) is 6.04 Å². The first-order valence-electron chi connectivity index (χ1n) is 7.82. The van der Waals surface area contributed by atoms with E-state index in [1.54, 1.807) is 0 Å². The minimum Gasteiger partial charge on any atom is -0.376 e. The van der Waals surface area contributed by atoms with Gasteiger partial charge >= 0.3 is 0 Å². The number of aromatic nitrogens is 3. The van der Waals surface area contributed by atoms with Crippen LogP contribution >= 0.6 is 0 Å². The Kier molecular flexibility index (Phi) is 4.37. The molecule has 2 N–H and O–H groups in total. The third-order valence-electron chi connectivity index (χ3n) is 3.90. The van der Waals surface area contributed by atoms with Gasteiger partial charge in [0.15, 0.2) is 5.82 Å². The van der Waals surface area contributed by atoms with Crippen molar-refractivity contribution in [2.75, 3.05) is 18.5 Å². The Hall–Kier alpha value is -1.96. The van der Waals surface area contributed by atoms with E-state index in [0.717, 1.165) is 32.3 Å². The fraction of sp³-hybridized carbons (Fsp3) is 0.714. The van der Waals surface area contributed by atoms with E-state index in [1.165, 1.54) is 4.68 Å². The maximum atomic E-state index is 12.4. The number of anilines is 1. The van der Waals surface area contributed by atoms with Crippen molar-refractivity contribution in [2.45, 2.75) is 51.2 Å². The van der Waals surface area contributed by atoms with Gasteiger partial charge in [-0.15, -0.1) is 0 Å². The molecule has 1 aromatic rings. The second kappa shape index (κ2) is 6.43. The van der Waals surface area contributed by atoms with Gasteiger partial charge < -0.3 is 10.1 Å². The summed E-state index contributed by atoms with van der Waals surface area (Å²) in [6.45, 7) is 3.26. The van der Waals surface area contributed by atoms with Gasteiger partial charge in [0.2, 0.25) is 17.8 Å². The lowest BCUT2D eigenvalue weighted by atomic mass is 10.1. The molecule has 0 aromatic carbocycles. The van der Waals surface area contributed by atoms with E-state index in [9.17, 15) is 9.59 Å². The summed E-state index contributed by atoms with van der Waals surface area (Å²) < 4.78 is 7.01. The average Bonchev–Trinajstić information content (AvgIpc) is 3.13.